The summed E-state index contributed by atoms with van der Waals surface area (Å²) in [6.07, 6.45) is 1.14. The molecule has 180 valence electrons. The van der Waals surface area contributed by atoms with Crippen molar-refractivity contribution in [3.05, 3.63) is 59.1 Å². The molecule has 0 atom stereocenters. The van der Waals surface area contributed by atoms with Crippen molar-refractivity contribution in [2.75, 3.05) is 34.4 Å². The maximum Gasteiger partial charge on any atom is 0.343 e. The van der Waals surface area contributed by atoms with Gasteiger partial charge < -0.3 is 19.5 Å². The number of aliphatic hydroxyl groups excluding tert-OH is 1. The van der Waals surface area contributed by atoms with E-state index in [4.69, 9.17) is 14.5 Å². The smallest absolute Gasteiger partial charge is 0.343 e. The minimum absolute atomic E-state index is 0.00933. The van der Waals surface area contributed by atoms with Gasteiger partial charge >= 0.3 is 6.03 Å². The molecule has 8 nitrogen and oxygen atoms in total. The van der Waals surface area contributed by atoms with Crippen molar-refractivity contribution in [2.24, 2.45) is 0 Å². The van der Waals surface area contributed by atoms with E-state index < -0.39 is 11.6 Å². The summed E-state index contributed by atoms with van der Waals surface area (Å²) >= 11 is 1.58. The van der Waals surface area contributed by atoms with E-state index in [0.717, 1.165) is 38.0 Å². The first-order chi connectivity index (χ1) is 16.4. The van der Waals surface area contributed by atoms with Gasteiger partial charge in [-0.05, 0) is 35.4 Å². The predicted molar refractivity (Wildman–Crippen MR) is 130 cm³/mol. The van der Waals surface area contributed by atoms with Crippen molar-refractivity contribution < 1.29 is 24.6 Å². The molecule has 0 radical (unpaired) electrons. The number of aromatic nitrogens is 1. The van der Waals surface area contributed by atoms with Gasteiger partial charge in [0.15, 0.2) is 0 Å². The lowest BCUT2D eigenvalue weighted by atomic mass is 9.91. The summed E-state index contributed by atoms with van der Waals surface area (Å²) in [5.41, 5.74) is 3.04. The standard InChI is InChI=1S/C25H29N3O5S/c1-27(31)24(30)28-14-12-25(33-3,13-15-28)23-26-21(18-8-10-20(32-2)11-9-18)22(34-23)19-6-4-17(16-29)5-7-19/h4-11,29,31H,12-16H2,1-3H3. The summed E-state index contributed by atoms with van der Waals surface area (Å²) in [5.74, 6) is 0.771. The summed E-state index contributed by atoms with van der Waals surface area (Å²) in [7, 11) is 4.65. The molecule has 0 aliphatic carbocycles. The average molecular weight is 484 g/mol. The largest absolute Gasteiger partial charge is 0.497 e. The van der Waals surface area contributed by atoms with Gasteiger partial charge in [0.1, 0.15) is 16.4 Å². The van der Waals surface area contributed by atoms with E-state index in [-0.39, 0.29) is 6.61 Å². The van der Waals surface area contributed by atoms with Crippen LogP contribution in [-0.2, 0) is 16.9 Å². The summed E-state index contributed by atoms with van der Waals surface area (Å²) in [6.45, 7) is 0.899. The molecule has 2 amide bonds. The molecule has 1 aliphatic heterocycles. The van der Waals surface area contributed by atoms with Gasteiger partial charge in [0, 0.05) is 45.7 Å². The Hall–Kier alpha value is -2.98. The number of carbonyl (C=O) groups is 1. The van der Waals surface area contributed by atoms with Crippen LogP contribution in [0.2, 0.25) is 0 Å². The molecule has 0 bridgehead atoms. The Morgan fingerprint density at radius 1 is 1.09 bits per heavy atom. The number of aliphatic hydroxyl groups is 1. The molecule has 1 saturated heterocycles. The molecular formula is C25H29N3O5S. The molecule has 1 aliphatic rings. The van der Waals surface area contributed by atoms with Crippen LogP contribution in [-0.4, -0.2) is 65.6 Å². The van der Waals surface area contributed by atoms with Crippen LogP contribution in [0.3, 0.4) is 0 Å². The molecule has 1 fully saturated rings. The van der Waals surface area contributed by atoms with E-state index in [1.54, 1.807) is 30.5 Å². The second-order valence-electron chi connectivity index (χ2n) is 8.27. The number of hydrogen-bond donors (Lipinski definition) is 2. The lowest BCUT2D eigenvalue weighted by molar-refractivity contribution is -0.0731. The summed E-state index contributed by atoms with van der Waals surface area (Å²) in [4.78, 5) is 19.9. The number of hydroxylamine groups is 2. The highest BCUT2D eigenvalue weighted by Crippen LogP contribution is 2.45. The van der Waals surface area contributed by atoms with E-state index in [0.29, 0.717) is 31.0 Å². The number of rotatable bonds is 6. The zero-order valence-electron chi connectivity index (χ0n) is 19.5. The second-order valence-corrected chi connectivity index (χ2v) is 9.27. The van der Waals surface area contributed by atoms with Crippen LogP contribution < -0.4 is 4.74 Å². The molecule has 34 heavy (non-hydrogen) atoms. The van der Waals surface area contributed by atoms with Gasteiger partial charge in [0.2, 0.25) is 0 Å². The Morgan fingerprint density at radius 2 is 1.71 bits per heavy atom. The first-order valence-corrected chi connectivity index (χ1v) is 11.8. The fourth-order valence-electron chi connectivity index (χ4n) is 4.19. The van der Waals surface area contributed by atoms with E-state index in [2.05, 4.69) is 0 Å². The Bertz CT molecular complexity index is 1060. The number of hydrogen-bond acceptors (Lipinski definition) is 7. The van der Waals surface area contributed by atoms with E-state index in [1.807, 2.05) is 48.5 Å². The monoisotopic (exact) mass is 483 g/mol. The van der Waals surface area contributed by atoms with Crippen molar-refractivity contribution >= 4 is 17.4 Å². The molecule has 0 saturated carbocycles. The molecule has 2 heterocycles. The van der Waals surface area contributed by atoms with Crippen molar-refractivity contribution in [2.45, 2.75) is 25.0 Å². The van der Waals surface area contributed by atoms with E-state index in [9.17, 15) is 15.1 Å². The number of thiazole rings is 1. The summed E-state index contributed by atoms with van der Waals surface area (Å²) in [5, 5.41) is 20.4. The highest BCUT2D eigenvalue weighted by molar-refractivity contribution is 7.15. The fraction of sp³-hybridized carbons (Fsp3) is 0.360. The molecule has 1 aromatic heterocycles. The molecule has 3 aromatic rings. The fourth-order valence-corrected chi connectivity index (χ4v) is 5.50. The van der Waals surface area contributed by atoms with Crippen molar-refractivity contribution in [1.29, 1.82) is 0 Å². The molecule has 2 aromatic carbocycles. The van der Waals surface area contributed by atoms with Crippen molar-refractivity contribution in [3.63, 3.8) is 0 Å². The maximum absolute atomic E-state index is 12.2. The number of likely N-dealkylation sites (tertiary alicyclic amines) is 1. The number of carbonyl (C=O) groups excluding carboxylic acids is 1. The van der Waals surface area contributed by atoms with E-state index >= 15 is 0 Å². The van der Waals surface area contributed by atoms with E-state index in [1.165, 1.54) is 7.05 Å². The normalized spacial score (nSPS) is 15.3. The van der Waals surface area contributed by atoms with Crippen LogP contribution in [0.1, 0.15) is 23.4 Å². The lowest BCUT2D eigenvalue weighted by Gasteiger charge is -2.39. The van der Waals surface area contributed by atoms with Crippen LogP contribution in [0, 0.1) is 0 Å². The zero-order chi connectivity index (χ0) is 24.3. The van der Waals surface area contributed by atoms with Gasteiger partial charge in [-0.1, -0.05) is 24.3 Å². The topological polar surface area (TPSA) is 95.4 Å². The zero-order valence-corrected chi connectivity index (χ0v) is 20.3. The van der Waals surface area contributed by atoms with Gasteiger partial charge in [-0.15, -0.1) is 11.3 Å². The highest BCUT2D eigenvalue weighted by atomic mass is 32.1. The highest BCUT2D eigenvalue weighted by Gasteiger charge is 2.41. The Kier molecular flexibility index (Phi) is 7.18. The molecule has 0 unspecified atom stereocenters. The van der Waals surface area contributed by atoms with Crippen molar-refractivity contribution in [1.82, 2.24) is 14.9 Å². The van der Waals surface area contributed by atoms with Crippen LogP contribution >= 0.6 is 11.3 Å². The van der Waals surface area contributed by atoms with Crippen molar-refractivity contribution in [3.8, 4) is 27.4 Å². The summed E-state index contributed by atoms with van der Waals surface area (Å²) in [6, 6.07) is 15.2. The van der Waals surface area contributed by atoms with Crippen LogP contribution in [0.5, 0.6) is 5.75 Å². The minimum Gasteiger partial charge on any atom is -0.497 e. The van der Waals surface area contributed by atoms with Gasteiger partial charge in [-0.3, -0.25) is 5.21 Å². The Balaban J connectivity index is 1.74. The first kappa shape index (κ1) is 24.2. The third-order valence-corrected chi connectivity index (χ3v) is 7.58. The maximum atomic E-state index is 12.2. The van der Waals surface area contributed by atoms with Gasteiger partial charge in [0.05, 0.1) is 24.3 Å². The Labute approximate surface area is 202 Å². The SMILES string of the molecule is COc1ccc(-c2nc(C3(OC)CCN(C(=O)N(C)O)CC3)sc2-c2ccc(CO)cc2)cc1. The second kappa shape index (κ2) is 10.1. The number of amides is 2. The minimum atomic E-state index is -0.625. The third kappa shape index (κ3) is 4.65. The number of methoxy groups -OCH3 is 2. The number of benzene rings is 2. The first-order valence-electron chi connectivity index (χ1n) is 11.0. The number of piperidine rings is 1. The quantitative estimate of drug-likeness (QED) is 0.400. The van der Waals surface area contributed by atoms with Crippen LogP contribution in [0.4, 0.5) is 4.79 Å². The molecule has 9 heteroatoms. The Morgan fingerprint density at radius 3 is 2.24 bits per heavy atom. The molecular weight excluding hydrogens is 454 g/mol. The molecule has 2 N–H and O–H groups in total. The van der Waals surface area contributed by atoms with Gasteiger partial charge in [0.25, 0.3) is 0 Å². The van der Waals surface area contributed by atoms with Crippen LogP contribution in [0.25, 0.3) is 21.7 Å². The number of urea groups is 1. The van der Waals surface area contributed by atoms with Gasteiger partial charge in [-0.2, -0.15) is 0 Å². The summed E-state index contributed by atoms with van der Waals surface area (Å²) < 4.78 is 11.4. The third-order valence-electron chi connectivity index (χ3n) is 6.29. The average Bonchev–Trinajstić information content (AvgIpc) is 3.34. The molecule has 0 spiro atoms. The van der Waals surface area contributed by atoms with Gasteiger partial charge in [-0.25, -0.2) is 14.8 Å². The van der Waals surface area contributed by atoms with Crippen LogP contribution in [0.15, 0.2) is 48.5 Å². The predicted octanol–water partition coefficient (Wildman–Crippen LogP) is 4.36. The molecule has 4 rings (SSSR count). The number of nitrogens with zero attached hydrogens (tertiary/aromatic N) is 3. The lowest BCUT2D eigenvalue weighted by Crippen LogP contribution is -2.49. The number of ether oxygens (including phenoxy) is 2.